The second-order valence-electron chi connectivity index (χ2n) is 5.06. The number of aliphatic hydroxyl groups is 1. The van der Waals surface area contributed by atoms with Gasteiger partial charge in [0, 0.05) is 6.42 Å². The zero-order valence-corrected chi connectivity index (χ0v) is 13.1. The van der Waals surface area contributed by atoms with E-state index in [0.29, 0.717) is 0 Å². The van der Waals surface area contributed by atoms with E-state index in [0.717, 1.165) is 19.3 Å². The van der Waals surface area contributed by atoms with E-state index >= 15 is 0 Å². The molecule has 0 amide bonds. The van der Waals surface area contributed by atoms with Crippen LogP contribution in [0, 0.1) is 0 Å². The summed E-state index contributed by atoms with van der Waals surface area (Å²) in [7, 11) is -4.26. The predicted molar refractivity (Wildman–Crippen MR) is 76.5 cm³/mol. The summed E-state index contributed by atoms with van der Waals surface area (Å²) in [6, 6.07) is 0. The Balaban J connectivity index is 3.48. The monoisotopic (exact) mass is 310 g/mol. The van der Waals surface area contributed by atoms with Crippen molar-refractivity contribution in [3.05, 3.63) is 0 Å². The number of rotatable bonds is 12. The maximum absolute atomic E-state index is 11.3. The molecule has 0 fully saturated rings. The molecule has 0 radical (unpaired) electrons. The minimum absolute atomic E-state index is 0.288. The first-order valence-corrected chi connectivity index (χ1v) is 9.03. The van der Waals surface area contributed by atoms with Crippen LogP contribution in [0.4, 0.5) is 0 Å². The second-order valence-corrected chi connectivity index (χ2v) is 6.75. The molecule has 0 aromatic carbocycles. The zero-order valence-electron chi connectivity index (χ0n) is 12.2. The van der Waals surface area contributed by atoms with E-state index in [1.54, 1.807) is 0 Å². The summed E-state index contributed by atoms with van der Waals surface area (Å²) in [6.45, 7) is 1.80. The molecular weight excluding hydrogens is 283 g/mol. The Bertz CT molecular complexity index is 301. The van der Waals surface area contributed by atoms with E-state index in [4.69, 9.17) is 14.5 Å². The van der Waals surface area contributed by atoms with Gasteiger partial charge in [-0.1, -0.05) is 45.4 Å². The molecule has 0 bridgehead atoms. The molecule has 0 aliphatic rings. The van der Waals surface area contributed by atoms with Crippen LogP contribution in [-0.4, -0.2) is 39.7 Å². The van der Waals surface area contributed by atoms with Gasteiger partial charge in [0.15, 0.2) is 0 Å². The van der Waals surface area contributed by atoms with E-state index in [2.05, 4.69) is 6.92 Å². The van der Waals surface area contributed by atoms with Crippen LogP contribution >= 0.6 is 7.60 Å². The Kier molecular flexibility index (Phi) is 11.0. The molecule has 20 heavy (non-hydrogen) atoms. The number of carbonyl (C=O) groups excluding carboxylic acids is 1. The van der Waals surface area contributed by atoms with E-state index in [9.17, 15) is 14.5 Å². The largest absolute Gasteiger partial charge is 0.463 e. The highest BCUT2D eigenvalue weighted by molar-refractivity contribution is 7.51. The summed E-state index contributed by atoms with van der Waals surface area (Å²) in [6.07, 6.45) is 6.00. The molecular formula is C13H27O6P. The van der Waals surface area contributed by atoms with E-state index < -0.39 is 25.8 Å². The Labute approximate surface area is 120 Å². The topological polar surface area (TPSA) is 104 Å². The van der Waals surface area contributed by atoms with Crippen molar-refractivity contribution in [2.45, 2.75) is 64.4 Å². The molecule has 0 saturated carbocycles. The second kappa shape index (κ2) is 11.3. The van der Waals surface area contributed by atoms with Crippen molar-refractivity contribution in [2.75, 3.05) is 12.8 Å². The van der Waals surface area contributed by atoms with Crippen molar-refractivity contribution >= 4 is 13.6 Å². The Morgan fingerprint density at radius 2 is 1.65 bits per heavy atom. The highest BCUT2D eigenvalue weighted by atomic mass is 31.2. The molecule has 3 N–H and O–H groups in total. The third-order valence-corrected chi connectivity index (χ3v) is 3.77. The number of esters is 1. The quantitative estimate of drug-likeness (QED) is 0.290. The van der Waals surface area contributed by atoms with Crippen molar-refractivity contribution in [1.29, 1.82) is 0 Å². The third kappa shape index (κ3) is 14.0. The van der Waals surface area contributed by atoms with Gasteiger partial charge in [-0.3, -0.25) is 9.36 Å². The van der Waals surface area contributed by atoms with E-state index in [-0.39, 0.29) is 13.0 Å². The van der Waals surface area contributed by atoms with Gasteiger partial charge in [-0.15, -0.1) is 0 Å². The van der Waals surface area contributed by atoms with Gasteiger partial charge in [0.05, 0.1) is 12.3 Å². The van der Waals surface area contributed by atoms with Gasteiger partial charge in [-0.25, -0.2) is 0 Å². The first-order chi connectivity index (χ1) is 9.35. The number of unbranched alkanes of at least 4 members (excludes halogenated alkanes) is 6. The van der Waals surface area contributed by atoms with E-state index in [1.807, 2.05) is 0 Å². The van der Waals surface area contributed by atoms with Gasteiger partial charge < -0.3 is 19.6 Å². The number of hydrogen-bond acceptors (Lipinski definition) is 4. The first-order valence-electron chi connectivity index (χ1n) is 7.23. The lowest BCUT2D eigenvalue weighted by Gasteiger charge is -2.12. The fourth-order valence-corrected chi connectivity index (χ4v) is 2.47. The molecule has 0 aliphatic carbocycles. The molecule has 0 rings (SSSR count). The molecule has 0 heterocycles. The lowest BCUT2D eigenvalue weighted by atomic mass is 10.1. The molecule has 120 valence electrons. The molecule has 6 nitrogen and oxygen atoms in total. The number of aliphatic hydroxyl groups excluding tert-OH is 1. The van der Waals surface area contributed by atoms with Crippen LogP contribution in [0.2, 0.25) is 0 Å². The molecule has 0 aromatic heterocycles. The van der Waals surface area contributed by atoms with Crippen LogP contribution in [-0.2, 0) is 14.1 Å². The molecule has 0 aliphatic heterocycles. The summed E-state index contributed by atoms with van der Waals surface area (Å²) in [5.41, 5.74) is 0. The maximum Gasteiger partial charge on any atom is 0.328 e. The summed E-state index contributed by atoms with van der Waals surface area (Å²) >= 11 is 0. The number of carbonyl (C=O) groups is 1. The van der Waals surface area contributed by atoms with Crippen LogP contribution in [0.15, 0.2) is 0 Å². The average molecular weight is 310 g/mol. The summed E-state index contributed by atoms with van der Waals surface area (Å²) in [5.74, 6) is -0.427. The minimum atomic E-state index is -4.26. The van der Waals surface area contributed by atoms with Crippen LogP contribution in [0.5, 0.6) is 0 Å². The van der Waals surface area contributed by atoms with Crippen LogP contribution < -0.4 is 0 Å². The Hall–Kier alpha value is -0.420. The molecule has 0 aromatic rings. The normalized spacial score (nSPS) is 13.2. The highest BCUT2D eigenvalue weighted by Gasteiger charge is 2.20. The highest BCUT2D eigenvalue weighted by Crippen LogP contribution is 2.34. The van der Waals surface area contributed by atoms with Crippen molar-refractivity contribution in [2.24, 2.45) is 0 Å². The van der Waals surface area contributed by atoms with Crippen LogP contribution in [0.3, 0.4) is 0 Å². The fourth-order valence-electron chi connectivity index (χ4n) is 1.81. The third-order valence-electron chi connectivity index (χ3n) is 2.87. The maximum atomic E-state index is 11.3. The SMILES string of the molecule is CCCCCCCCCC(=O)OCC(O)CP(=O)(O)O. The Morgan fingerprint density at radius 3 is 2.20 bits per heavy atom. The number of ether oxygens (including phenoxy) is 1. The van der Waals surface area contributed by atoms with Crippen molar-refractivity contribution in [1.82, 2.24) is 0 Å². The fraction of sp³-hybridized carbons (Fsp3) is 0.923. The first kappa shape index (κ1) is 19.6. The van der Waals surface area contributed by atoms with Gasteiger partial charge in [0.25, 0.3) is 0 Å². The van der Waals surface area contributed by atoms with Crippen LogP contribution in [0.1, 0.15) is 58.3 Å². The van der Waals surface area contributed by atoms with Gasteiger partial charge in [-0.2, -0.15) is 0 Å². The van der Waals surface area contributed by atoms with Crippen molar-refractivity contribution < 1.29 is 29.0 Å². The molecule has 1 unspecified atom stereocenters. The van der Waals surface area contributed by atoms with Gasteiger partial charge >= 0.3 is 13.6 Å². The van der Waals surface area contributed by atoms with Gasteiger partial charge in [0.2, 0.25) is 0 Å². The predicted octanol–water partition coefficient (Wildman–Crippen LogP) is 2.21. The summed E-state index contributed by atoms with van der Waals surface area (Å²) in [5, 5.41) is 9.26. The van der Waals surface area contributed by atoms with E-state index in [1.165, 1.54) is 25.7 Å². The smallest absolute Gasteiger partial charge is 0.328 e. The number of hydrogen-bond donors (Lipinski definition) is 3. The molecule has 0 saturated heterocycles. The zero-order chi connectivity index (χ0) is 15.4. The standard InChI is InChI=1S/C13H27O6P/c1-2-3-4-5-6-7-8-9-13(15)19-10-12(14)11-20(16,17)18/h12,14H,2-11H2,1H3,(H2,16,17,18). The summed E-state index contributed by atoms with van der Waals surface area (Å²) < 4.78 is 15.4. The lowest BCUT2D eigenvalue weighted by Crippen LogP contribution is -2.22. The average Bonchev–Trinajstić information content (AvgIpc) is 2.33. The van der Waals surface area contributed by atoms with Gasteiger partial charge in [-0.05, 0) is 6.42 Å². The van der Waals surface area contributed by atoms with Gasteiger partial charge in [0.1, 0.15) is 6.61 Å². The molecule has 7 heteroatoms. The molecule has 1 atom stereocenters. The minimum Gasteiger partial charge on any atom is -0.463 e. The van der Waals surface area contributed by atoms with Crippen molar-refractivity contribution in [3.8, 4) is 0 Å². The molecule has 0 spiro atoms. The Morgan fingerprint density at radius 1 is 1.10 bits per heavy atom. The van der Waals surface area contributed by atoms with Crippen LogP contribution in [0.25, 0.3) is 0 Å². The lowest BCUT2D eigenvalue weighted by molar-refractivity contribution is -0.146. The summed E-state index contributed by atoms with van der Waals surface area (Å²) in [4.78, 5) is 28.6. The van der Waals surface area contributed by atoms with Crippen molar-refractivity contribution in [3.63, 3.8) is 0 Å².